The topological polar surface area (TPSA) is 125 Å². The Bertz CT molecular complexity index is 917. The molecule has 0 aliphatic carbocycles. The second-order valence-corrected chi connectivity index (χ2v) is 9.42. The molecular formula is C27H40ClNO7. The van der Waals surface area contributed by atoms with Crippen molar-refractivity contribution in [1.82, 2.24) is 5.32 Å². The number of carbonyl (C=O) groups excluding carboxylic acids is 2. The first-order valence-corrected chi connectivity index (χ1v) is 12.5. The molecule has 4 N–H and O–H groups in total. The highest BCUT2D eigenvalue weighted by Gasteiger charge is 2.33. The molecule has 6 atom stereocenters. The number of rotatable bonds is 15. The molecule has 0 fully saturated rings. The highest BCUT2D eigenvalue weighted by atomic mass is 35.5. The molecule has 0 radical (unpaired) electrons. The first-order valence-electron chi connectivity index (χ1n) is 12.1. The number of ketones is 1. The Hall–Kier alpha value is -2.23. The van der Waals surface area contributed by atoms with Crippen LogP contribution in [0, 0.1) is 11.8 Å². The quantitative estimate of drug-likeness (QED) is 0.256. The van der Waals surface area contributed by atoms with Crippen LogP contribution in [0.1, 0.15) is 52.5 Å². The molecule has 0 spiro atoms. The van der Waals surface area contributed by atoms with Gasteiger partial charge in [-0.2, -0.15) is 0 Å². The molecule has 3 unspecified atom stereocenters. The van der Waals surface area contributed by atoms with Crippen LogP contribution in [0.15, 0.2) is 36.0 Å². The number of phenolic OH excluding ortho intramolecular Hbond substituents is 1. The van der Waals surface area contributed by atoms with E-state index in [-0.39, 0.29) is 22.5 Å². The first kappa shape index (κ1) is 31.8. The van der Waals surface area contributed by atoms with Gasteiger partial charge < -0.3 is 30.1 Å². The summed E-state index contributed by atoms with van der Waals surface area (Å²) >= 11 is 5.87. The number of halogens is 1. The van der Waals surface area contributed by atoms with Gasteiger partial charge in [0.2, 0.25) is 0 Å². The number of aliphatic hydroxyl groups excluding tert-OH is 2. The summed E-state index contributed by atoms with van der Waals surface area (Å²) in [4.78, 5) is 25.6. The smallest absolute Gasteiger partial charge is 0.255 e. The molecule has 0 heterocycles. The predicted molar refractivity (Wildman–Crippen MR) is 141 cm³/mol. The number of aromatic hydroxyl groups is 1. The molecule has 0 saturated carbocycles. The standard InChI is InChI=1S/C27H40ClNO7/c1-7-8-9-16(2)23(31)18(4)24(32)17(3)14-22(35-5)25(33)26(36-6)27(34)29-13-12-19-10-11-21(30)20(28)15-19/h10-16,18,22-23,25-26,30-31,33H,7-9H2,1-6H3,(H,29,34)/b13-12+,17-14+/t16?,18?,22-,23?,25-,26-/m1/s1. The normalized spacial score (nSPS) is 17.3. The van der Waals surface area contributed by atoms with Crippen molar-refractivity contribution >= 4 is 29.4 Å². The van der Waals surface area contributed by atoms with Gasteiger partial charge in [-0.25, -0.2) is 0 Å². The van der Waals surface area contributed by atoms with Crippen molar-refractivity contribution in [1.29, 1.82) is 0 Å². The fourth-order valence-corrected chi connectivity index (χ4v) is 4.03. The Morgan fingerprint density at radius 2 is 1.81 bits per heavy atom. The van der Waals surface area contributed by atoms with E-state index in [1.54, 1.807) is 26.0 Å². The number of aliphatic hydroxyl groups is 2. The molecular weight excluding hydrogens is 486 g/mol. The molecule has 0 aliphatic heterocycles. The zero-order valence-electron chi connectivity index (χ0n) is 21.9. The van der Waals surface area contributed by atoms with Crippen LogP contribution in [0.25, 0.3) is 6.08 Å². The average Bonchev–Trinajstić information content (AvgIpc) is 2.86. The highest BCUT2D eigenvalue weighted by molar-refractivity contribution is 6.32. The van der Waals surface area contributed by atoms with Crippen molar-refractivity contribution in [2.75, 3.05) is 14.2 Å². The Labute approximate surface area is 219 Å². The van der Waals surface area contributed by atoms with E-state index in [0.717, 1.165) is 19.3 Å². The minimum Gasteiger partial charge on any atom is -0.506 e. The largest absolute Gasteiger partial charge is 0.506 e. The van der Waals surface area contributed by atoms with Crippen LogP contribution in [0.3, 0.4) is 0 Å². The fraction of sp³-hybridized carbons (Fsp3) is 0.556. The molecule has 202 valence electrons. The van der Waals surface area contributed by atoms with Gasteiger partial charge in [0.05, 0.1) is 11.1 Å². The Kier molecular flexibility index (Phi) is 13.9. The van der Waals surface area contributed by atoms with Crippen molar-refractivity contribution in [3.8, 4) is 5.75 Å². The second-order valence-electron chi connectivity index (χ2n) is 9.01. The maximum absolute atomic E-state index is 12.9. The minimum absolute atomic E-state index is 0.0206. The molecule has 36 heavy (non-hydrogen) atoms. The molecule has 1 amide bonds. The molecule has 0 aliphatic rings. The van der Waals surface area contributed by atoms with Gasteiger partial charge >= 0.3 is 0 Å². The summed E-state index contributed by atoms with van der Waals surface area (Å²) < 4.78 is 10.6. The molecule has 8 nitrogen and oxygen atoms in total. The lowest BCUT2D eigenvalue weighted by Crippen LogP contribution is -2.47. The monoisotopic (exact) mass is 525 g/mol. The molecule has 9 heteroatoms. The van der Waals surface area contributed by atoms with Gasteiger partial charge in [-0.3, -0.25) is 9.59 Å². The fourth-order valence-electron chi connectivity index (χ4n) is 3.84. The van der Waals surface area contributed by atoms with Crippen LogP contribution in [0.4, 0.5) is 0 Å². The summed E-state index contributed by atoms with van der Waals surface area (Å²) in [6.07, 6.45) is 2.69. The van der Waals surface area contributed by atoms with Crippen molar-refractivity contribution < 1.29 is 34.4 Å². The van der Waals surface area contributed by atoms with Crippen LogP contribution in [0.5, 0.6) is 5.75 Å². The number of allylic oxidation sites excluding steroid dienone is 1. The van der Waals surface area contributed by atoms with Crippen LogP contribution in [-0.2, 0) is 19.1 Å². The lowest BCUT2D eigenvalue weighted by Gasteiger charge is -2.27. The van der Waals surface area contributed by atoms with E-state index in [1.807, 2.05) is 6.92 Å². The molecule has 0 bridgehead atoms. The number of ether oxygens (including phenoxy) is 2. The summed E-state index contributed by atoms with van der Waals surface area (Å²) in [7, 11) is 2.63. The number of carbonyl (C=O) groups is 2. The van der Waals surface area contributed by atoms with E-state index in [4.69, 9.17) is 21.1 Å². The lowest BCUT2D eigenvalue weighted by molar-refractivity contribution is -0.142. The minimum atomic E-state index is -1.41. The second kappa shape index (κ2) is 15.8. The summed E-state index contributed by atoms with van der Waals surface area (Å²) in [5.41, 5.74) is 0.953. The number of hydrogen-bond acceptors (Lipinski definition) is 7. The molecule has 1 rings (SSSR count). The van der Waals surface area contributed by atoms with E-state index in [0.29, 0.717) is 11.1 Å². The molecule has 0 aromatic heterocycles. The van der Waals surface area contributed by atoms with Gasteiger partial charge in [0.1, 0.15) is 18.0 Å². The van der Waals surface area contributed by atoms with Crippen LogP contribution in [0.2, 0.25) is 5.02 Å². The number of methoxy groups -OCH3 is 2. The third-order valence-electron chi connectivity index (χ3n) is 6.23. The number of amides is 1. The van der Waals surface area contributed by atoms with Crippen LogP contribution >= 0.6 is 11.6 Å². The number of unbranched alkanes of at least 4 members (excludes halogenated alkanes) is 1. The van der Waals surface area contributed by atoms with Gasteiger partial charge in [0, 0.05) is 26.3 Å². The number of hydrogen-bond donors (Lipinski definition) is 4. The third kappa shape index (κ3) is 9.33. The van der Waals surface area contributed by atoms with Crippen molar-refractivity contribution in [2.24, 2.45) is 11.8 Å². The zero-order valence-corrected chi connectivity index (χ0v) is 22.7. The van der Waals surface area contributed by atoms with E-state index in [1.165, 1.54) is 38.6 Å². The van der Waals surface area contributed by atoms with E-state index in [2.05, 4.69) is 12.2 Å². The van der Waals surface area contributed by atoms with E-state index >= 15 is 0 Å². The average molecular weight is 526 g/mol. The van der Waals surface area contributed by atoms with Gasteiger partial charge in [0.25, 0.3) is 5.91 Å². The van der Waals surface area contributed by atoms with Crippen molar-refractivity contribution in [3.63, 3.8) is 0 Å². The molecule has 0 saturated heterocycles. The van der Waals surface area contributed by atoms with Gasteiger partial charge in [-0.05, 0) is 54.7 Å². The number of phenols is 1. The van der Waals surface area contributed by atoms with Gasteiger partial charge in [0.15, 0.2) is 11.9 Å². The Morgan fingerprint density at radius 1 is 1.14 bits per heavy atom. The maximum atomic E-state index is 12.9. The summed E-state index contributed by atoms with van der Waals surface area (Å²) in [6, 6.07) is 4.56. The van der Waals surface area contributed by atoms with Crippen molar-refractivity contribution in [2.45, 2.75) is 71.4 Å². The number of benzene rings is 1. The molecule has 1 aromatic rings. The summed E-state index contributed by atoms with van der Waals surface area (Å²) in [5, 5.41) is 33.6. The van der Waals surface area contributed by atoms with Gasteiger partial charge in [-0.1, -0.05) is 51.3 Å². The number of nitrogens with one attached hydrogen (secondary N) is 1. The number of Topliss-reactive ketones (excluding diaryl/α,β-unsaturated/α-hetero) is 1. The predicted octanol–water partition coefficient (Wildman–Crippen LogP) is 3.86. The maximum Gasteiger partial charge on any atom is 0.255 e. The first-order chi connectivity index (χ1) is 17.0. The Morgan fingerprint density at radius 3 is 2.36 bits per heavy atom. The van der Waals surface area contributed by atoms with E-state index in [9.17, 15) is 24.9 Å². The van der Waals surface area contributed by atoms with Crippen LogP contribution < -0.4 is 5.32 Å². The molecule has 1 aromatic carbocycles. The summed E-state index contributed by atoms with van der Waals surface area (Å²) in [5.74, 6) is -1.58. The third-order valence-corrected chi connectivity index (χ3v) is 6.53. The van der Waals surface area contributed by atoms with Crippen LogP contribution in [-0.4, -0.2) is 65.6 Å². The summed E-state index contributed by atoms with van der Waals surface area (Å²) in [6.45, 7) is 7.28. The Balaban J connectivity index is 2.88. The SMILES string of the molecule is CCCCC(C)C(O)C(C)C(=O)/C(C)=C/[C@@H](OC)[C@@H](O)[C@@H](OC)C(=O)N/C=C/c1ccc(O)c(Cl)c1. The zero-order chi connectivity index (χ0) is 27.4. The highest BCUT2D eigenvalue weighted by Crippen LogP contribution is 2.24. The van der Waals surface area contributed by atoms with Gasteiger partial charge in [-0.15, -0.1) is 0 Å². The van der Waals surface area contributed by atoms with Crippen molar-refractivity contribution in [3.05, 3.63) is 46.6 Å². The lowest BCUT2D eigenvalue weighted by atomic mass is 9.85. The van der Waals surface area contributed by atoms with E-state index < -0.39 is 36.2 Å².